The van der Waals surface area contributed by atoms with E-state index in [1.54, 1.807) is 17.4 Å². The molecule has 7 nitrogen and oxygen atoms in total. The van der Waals surface area contributed by atoms with Gasteiger partial charge in [-0.25, -0.2) is 4.98 Å². The fourth-order valence-electron chi connectivity index (χ4n) is 3.04. The van der Waals surface area contributed by atoms with Crippen molar-refractivity contribution >= 4 is 28.9 Å². The summed E-state index contributed by atoms with van der Waals surface area (Å²) in [5, 5.41) is 2.90. The van der Waals surface area contributed by atoms with Crippen molar-refractivity contribution in [2.45, 2.75) is 6.92 Å². The maximum absolute atomic E-state index is 12.4. The Balaban J connectivity index is 1.40. The van der Waals surface area contributed by atoms with Crippen LogP contribution in [-0.2, 0) is 14.3 Å². The average molecular weight is 424 g/mol. The molecule has 0 N–H and O–H groups in total. The third-order valence-electron chi connectivity index (χ3n) is 4.46. The number of nitrogens with zero attached hydrogens (tertiary/aromatic N) is 2. The number of hydrogen-bond acceptors (Lipinski definition) is 7. The fourth-order valence-corrected chi connectivity index (χ4v) is 3.66. The monoisotopic (exact) mass is 424 g/mol. The van der Waals surface area contributed by atoms with E-state index in [9.17, 15) is 9.59 Å². The molecule has 1 aromatic heterocycles. The van der Waals surface area contributed by atoms with Gasteiger partial charge in [0.15, 0.2) is 6.61 Å². The number of hydrogen-bond donors (Lipinski definition) is 0. The SMILES string of the molecule is Cc1nc(-c2ccc3c(c2)N(CC(=O)OCCOc2ccccc2)C(=O)CO3)cs1. The lowest BCUT2D eigenvalue weighted by Crippen LogP contribution is -2.42. The minimum Gasteiger partial charge on any atom is -0.490 e. The lowest BCUT2D eigenvalue weighted by atomic mass is 10.1. The summed E-state index contributed by atoms with van der Waals surface area (Å²) < 4.78 is 16.3. The predicted molar refractivity (Wildman–Crippen MR) is 113 cm³/mol. The first-order valence-electron chi connectivity index (χ1n) is 9.43. The van der Waals surface area contributed by atoms with Gasteiger partial charge in [0.25, 0.3) is 5.91 Å². The first kappa shape index (κ1) is 19.9. The van der Waals surface area contributed by atoms with Gasteiger partial charge in [-0.15, -0.1) is 11.3 Å². The molecule has 0 fully saturated rings. The van der Waals surface area contributed by atoms with Crippen LogP contribution in [0.4, 0.5) is 5.69 Å². The summed E-state index contributed by atoms with van der Waals surface area (Å²) >= 11 is 1.55. The molecule has 0 radical (unpaired) electrons. The summed E-state index contributed by atoms with van der Waals surface area (Å²) in [6, 6.07) is 14.8. The van der Waals surface area contributed by atoms with Crippen LogP contribution in [0.5, 0.6) is 11.5 Å². The van der Waals surface area contributed by atoms with Crippen LogP contribution in [-0.4, -0.2) is 43.2 Å². The lowest BCUT2D eigenvalue weighted by Gasteiger charge is -2.29. The molecule has 8 heteroatoms. The summed E-state index contributed by atoms with van der Waals surface area (Å²) in [7, 11) is 0. The number of rotatable bonds is 7. The minimum atomic E-state index is -0.511. The van der Waals surface area contributed by atoms with Crippen molar-refractivity contribution in [3.63, 3.8) is 0 Å². The highest BCUT2D eigenvalue weighted by atomic mass is 32.1. The lowest BCUT2D eigenvalue weighted by molar-refractivity contribution is -0.143. The molecule has 0 atom stereocenters. The van der Waals surface area contributed by atoms with Crippen LogP contribution < -0.4 is 14.4 Å². The van der Waals surface area contributed by atoms with Gasteiger partial charge in [0.05, 0.1) is 16.4 Å². The van der Waals surface area contributed by atoms with Crippen LogP contribution in [0.2, 0.25) is 0 Å². The molecule has 3 aromatic rings. The Morgan fingerprint density at radius 3 is 2.80 bits per heavy atom. The van der Waals surface area contributed by atoms with E-state index in [-0.39, 0.29) is 32.3 Å². The van der Waals surface area contributed by atoms with Crippen LogP contribution in [0, 0.1) is 6.92 Å². The van der Waals surface area contributed by atoms with E-state index in [0.29, 0.717) is 17.2 Å². The maximum Gasteiger partial charge on any atom is 0.326 e. The van der Waals surface area contributed by atoms with E-state index in [4.69, 9.17) is 14.2 Å². The second kappa shape index (κ2) is 8.96. The molecule has 2 aromatic carbocycles. The Labute approximate surface area is 177 Å². The number of aryl methyl sites for hydroxylation is 1. The number of benzene rings is 2. The second-order valence-corrected chi connectivity index (χ2v) is 7.65. The normalized spacial score (nSPS) is 12.8. The van der Waals surface area contributed by atoms with Gasteiger partial charge in [-0.2, -0.15) is 0 Å². The molecule has 2 heterocycles. The van der Waals surface area contributed by atoms with Crippen molar-refractivity contribution in [1.29, 1.82) is 0 Å². The highest BCUT2D eigenvalue weighted by Crippen LogP contribution is 2.36. The zero-order valence-electron chi connectivity index (χ0n) is 16.4. The number of ether oxygens (including phenoxy) is 3. The molecular formula is C22H20N2O5S. The van der Waals surface area contributed by atoms with Gasteiger partial charge in [0.2, 0.25) is 0 Å². The molecule has 30 heavy (non-hydrogen) atoms. The van der Waals surface area contributed by atoms with E-state index in [1.165, 1.54) is 4.90 Å². The number of para-hydroxylation sites is 1. The number of amides is 1. The molecule has 1 aliphatic heterocycles. The Bertz CT molecular complexity index is 1050. The molecule has 0 saturated heterocycles. The number of carbonyl (C=O) groups excluding carboxylic acids is 2. The van der Waals surface area contributed by atoms with Gasteiger partial charge in [-0.1, -0.05) is 18.2 Å². The maximum atomic E-state index is 12.4. The number of thiazole rings is 1. The van der Waals surface area contributed by atoms with E-state index in [0.717, 1.165) is 16.3 Å². The van der Waals surface area contributed by atoms with Gasteiger partial charge >= 0.3 is 5.97 Å². The predicted octanol–water partition coefficient (Wildman–Crippen LogP) is 3.47. The molecule has 154 valence electrons. The topological polar surface area (TPSA) is 78.0 Å². The third kappa shape index (κ3) is 4.60. The van der Waals surface area contributed by atoms with Crippen LogP contribution >= 0.6 is 11.3 Å². The second-order valence-electron chi connectivity index (χ2n) is 6.58. The molecule has 1 amide bonds. The first-order chi connectivity index (χ1) is 14.6. The van der Waals surface area contributed by atoms with Crippen molar-refractivity contribution < 1.29 is 23.8 Å². The average Bonchev–Trinajstić information content (AvgIpc) is 3.20. The molecule has 0 bridgehead atoms. The van der Waals surface area contributed by atoms with Crippen LogP contribution in [0.25, 0.3) is 11.3 Å². The van der Waals surface area contributed by atoms with E-state index in [1.807, 2.05) is 54.8 Å². The largest absolute Gasteiger partial charge is 0.490 e. The summed E-state index contributed by atoms with van der Waals surface area (Å²) in [5.74, 6) is 0.440. The molecule has 0 unspecified atom stereocenters. The van der Waals surface area contributed by atoms with Gasteiger partial charge < -0.3 is 14.2 Å². The molecule has 0 spiro atoms. The fraction of sp³-hybridized carbons (Fsp3) is 0.227. The molecule has 1 aliphatic rings. The summed E-state index contributed by atoms with van der Waals surface area (Å²) in [6.45, 7) is 1.95. The molecule has 4 rings (SSSR count). The number of anilines is 1. The zero-order valence-corrected chi connectivity index (χ0v) is 17.2. The van der Waals surface area contributed by atoms with Crippen molar-refractivity contribution in [3.8, 4) is 22.8 Å². The van der Waals surface area contributed by atoms with Crippen molar-refractivity contribution in [1.82, 2.24) is 4.98 Å². The Morgan fingerprint density at radius 1 is 1.20 bits per heavy atom. The van der Waals surface area contributed by atoms with Crippen molar-refractivity contribution in [3.05, 3.63) is 58.9 Å². The van der Waals surface area contributed by atoms with E-state index in [2.05, 4.69) is 4.98 Å². The van der Waals surface area contributed by atoms with Gasteiger partial charge in [-0.3, -0.25) is 14.5 Å². The number of fused-ring (bicyclic) bond motifs is 1. The highest BCUT2D eigenvalue weighted by Gasteiger charge is 2.28. The summed E-state index contributed by atoms with van der Waals surface area (Å²) in [4.78, 5) is 30.6. The highest BCUT2D eigenvalue weighted by molar-refractivity contribution is 7.09. The Kier molecular flexibility index (Phi) is 5.94. The van der Waals surface area contributed by atoms with Gasteiger partial charge in [0.1, 0.15) is 31.3 Å². The third-order valence-corrected chi connectivity index (χ3v) is 5.24. The summed E-state index contributed by atoms with van der Waals surface area (Å²) in [6.07, 6.45) is 0. The van der Waals surface area contributed by atoms with Gasteiger partial charge in [0, 0.05) is 10.9 Å². The molecule has 0 aliphatic carbocycles. The van der Waals surface area contributed by atoms with E-state index >= 15 is 0 Å². The standard InChI is InChI=1S/C22H20N2O5S/c1-15-23-18(14-30-15)16-7-8-20-19(11-16)24(21(25)13-29-20)12-22(26)28-10-9-27-17-5-3-2-4-6-17/h2-8,11,14H,9-10,12-13H2,1H3. The van der Waals surface area contributed by atoms with Gasteiger partial charge in [-0.05, 0) is 37.3 Å². The summed E-state index contributed by atoms with van der Waals surface area (Å²) in [5.41, 5.74) is 2.21. The number of esters is 1. The zero-order chi connectivity index (χ0) is 20.9. The molecule has 0 saturated carbocycles. The van der Waals surface area contributed by atoms with Crippen LogP contribution in [0.15, 0.2) is 53.9 Å². The molecular weight excluding hydrogens is 404 g/mol. The number of carbonyl (C=O) groups is 2. The Hall–Kier alpha value is -3.39. The smallest absolute Gasteiger partial charge is 0.326 e. The van der Waals surface area contributed by atoms with Crippen LogP contribution in [0.1, 0.15) is 5.01 Å². The quantitative estimate of drug-likeness (QED) is 0.427. The van der Waals surface area contributed by atoms with E-state index < -0.39 is 5.97 Å². The van der Waals surface area contributed by atoms with Crippen molar-refractivity contribution in [2.75, 3.05) is 31.3 Å². The number of aromatic nitrogens is 1. The Morgan fingerprint density at radius 2 is 2.03 bits per heavy atom. The first-order valence-corrected chi connectivity index (χ1v) is 10.3. The van der Waals surface area contributed by atoms with Crippen molar-refractivity contribution in [2.24, 2.45) is 0 Å². The van der Waals surface area contributed by atoms with Crippen LogP contribution in [0.3, 0.4) is 0 Å². The minimum absolute atomic E-state index is 0.0945.